The number of carbonyl (C=O) groups is 1. The van der Waals surface area contributed by atoms with Crippen LogP contribution in [0.1, 0.15) is 31.0 Å². The Labute approximate surface area is 139 Å². The second-order valence-corrected chi connectivity index (χ2v) is 6.30. The van der Waals surface area contributed by atoms with Crippen LogP contribution in [0.3, 0.4) is 0 Å². The largest absolute Gasteiger partial charge is 0.378 e. The van der Waals surface area contributed by atoms with Crippen LogP contribution in [-0.2, 0) is 4.79 Å². The van der Waals surface area contributed by atoms with Crippen LogP contribution in [0.15, 0.2) is 42.5 Å². The fourth-order valence-electron chi connectivity index (χ4n) is 2.11. The molecule has 1 atom stereocenters. The monoisotopic (exact) mass is 394 g/mol. The zero-order valence-electron chi connectivity index (χ0n) is 12.4. The molecule has 110 valence electrons. The Hall–Kier alpha value is -1.56. The van der Waals surface area contributed by atoms with Gasteiger partial charge in [-0.15, -0.1) is 0 Å². The third-order valence-corrected chi connectivity index (χ3v) is 4.42. The molecular formula is C17H19IN2O. The van der Waals surface area contributed by atoms with Crippen molar-refractivity contribution >= 4 is 39.9 Å². The summed E-state index contributed by atoms with van der Waals surface area (Å²) in [4.78, 5) is 11.1. The molecule has 3 nitrogen and oxygen atoms in total. The van der Waals surface area contributed by atoms with Gasteiger partial charge in [-0.05, 0) is 71.8 Å². The molecule has 0 aromatic heterocycles. The first kappa shape index (κ1) is 15.8. The van der Waals surface area contributed by atoms with Crippen LogP contribution < -0.4 is 10.6 Å². The summed E-state index contributed by atoms with van der Waals surface area (Å²) in [6.07, 6.45) is 0. The SMILES string of the molecule is CC(=O)Nc1cccc(C(C)Nc2ccc(C)c(I)c2)c1. The van der Waals surface area contributed by atoms with E-state index in [1.807, 2.05) is 18.2 Å². The lowest BCUT2D eigenvalue weighted by atomic mass is 10.1. The lowest BCUT2D eigenvalue weighted by molar-refractivity contribution is -0.114. The molecule has 0 bridgehead atoms. The number of benzene rings is 2. The van der Waals surface area contributed by atoms with E-state index in [1.54, 1.807) is 0 Å². The van der Waals surface area contributed by atoms with Crippen LogP contribution in [0.4, 0.5) is 11.4 Å². The molecule has 2 rings (SSSR count). The molecule has 0 saturated heterocycles. The highest BCUT2D eigenvalue weighted by molar-refractivity contribution is 14.1. The van der Waals surface area contributed by atoms with Crippen molar-refractivity contribution in [1.29, 1.82) is 0 Å². The van der Waals surface area contributed by atoms with Crippen molar-refractivity contribution < 1.29 is 4.79 Å². The molecule has 21 heavy (non-hydrogen) atoms. The van der Waals surface area contributed by atoms with Crippen molar-refractivity contribution in [2.75, 3.05) is 10.6 Å². The van der Waals surface area contributed by atoms with Gasteiger partial charge in [0.1, 0.15) is 0 Å². The molecule has 0 aliphatic heterocycles. The second-order valence-electron chi connectivity index (χ2n) is 5.14. The molecule has 0 spiro atoms. The number of nitrogens with one attached hydrogen (secondary N) is 2. The summed E-state index contributed by atoms with van der Waals surface area (Å²) in [5.41, 5.74) is 4.34. The fourth-order valence-corrected chi connectivity index (χ4v) is 2.62. The zero-order chi connectivity index (χ0) is 15.4. The smallest absolute Gasteiger partial charge is 0.221 e. The fraction of sp³-hybridized carbons (Fsp3) is 0.235. The average Bonchev–Trinajstić information content (AvgIpc) is 2.42. The standard InChI is InChI=1S/C17H19IN2O/c1-11-7-8-16(10-17(11)18)19-12(2)14-5-4-6-15(9-14)20-13(3)21/h4-10,12,19H,1-3H3,(H,20,21). The van der Waals surface area contributed by atoms with Crippen LogP contribution in [0.25, 0.3) is 0 Å². The maximum Gasteiger partial charge on any atom is 0.221 e. The number of aryl methyl sites for hydroxylation is 1. The summed E-state index contributed by atoms with van der Waals surface area (Å²) in [5.74, 6) is -0.0548. The summed E-state index contributed by atoms with van der Waals surface area (Å²) in [7, 11) is 0. The second kappa shape index (κ2) is 6.93. The Kier molecular flexibility index (Phi) is 5.22. The molecule has 2 N–H and O–H groups in total. The van der Waals surface area contributed by atoms with Crippen LogP contribution in [0.2, 0.25) is 0 Å². The van der Waals surface area contributed by atoms with Gasteiger partial charge in [0.15, 0.2) is 0 Å². The molecule has 0 fully saturated rings. The van der Waals surface area contributed by atoms with Crippen LogP contribution in [0.5, 0.6) is 0 Å². The minimum Gasteiger partial charge on any atom is -0.378 e. The first-order chi connectivity index (χ1) is 9.95. The maximum absolute atomic E-state index is 11.1. The number of amides is 1. The van der Waals surface area contributed by atoms with E-state index in [2.05, 4.69) is 71.3 Å². The molecule has 4 heteroatoms. The Morgan fingerprint density at radius 3 is 2.57 bits per heavy atom. The van der Waals surface area contributed by atoms with Gasteiger partial charge in [0.2, 0.25) is 5.91 Å². The predicted molar refractivity (Wildman–Crippen MR) is 96.7 cm³/mol. The molecule has 0 aliphatic carbocycles. The normalized spacial score (nSPS) is 11.8. The Morgan fingerprint density at radius 1 is 1.14 bits per heavy atom. The number of halogens is 1. The first-order valence-corrected chi connectivity index (χ1v) is 7.94. The quantitative estimate of drug-likeness (QED) is 0.737. The summed E-state index contributed by atoms with van der Waals surface area (Å²) >= 11 is 2.34. The summed E-state index contributed by atoms with van der Waals surface area (Å²) in [5, 5.41) is 6.30. The van der Waals surface area contributed by atoms with Crippen molar-refractivity contribution in [2.45, 2.75) is 26.8 Å². The molecule has 1 amide bonds. The van der Waals surface area contributed by atoms with Gasteiger partial charge >= 0.3 is 0 Å². The molecule has 2 aromatic carbocycles. The highest BCUT2D eigenvalue weighted by Gasteiger charge is 2.07. The van der Waals surface area contributed by atoms with Crippen LogP contribution in [-0.4, -0.2) is 5.91 Å². The lowest BCUT2D eigenvalue weighted by Crippen LogP contribution is -2.09. The minimum atomic E-state index is -0.0548. The van der Waals surface area contributed by atoms with Crippen LogP contribution >= 0.6 is 22.6 Å². The Morgan fingerprint density at radius 2 is 1.90 bits per heavy atom. The molecule has 0 saturated carbocycles. The van der Waals surface area contributed by atoms with Gasteiger partial charge in [-0.2, -0.15) is 0 Å². The van der Waals surface area contributed by atoms with Gasteiger partial charge in [0, 0.05) is 27.9 Å². The predicted octanol–water partition coefficient (Wildman–Crippen LogP) is 4.73. The van der Waals surface area contributed by atoms with Gasteiger partial charge in [-0.25, -0.2) is 0 Å². The van der Waals surface area contributed by atoms with Gasteiger partial charge < -0.3 is 10.6 Å². The van der Waals surface area contributed by atoms with Gasteiger partial charge in [-0.1, -0.05) is 18.2 Å². The maximum atomic E-state index is 11.1. The Balaban J connectivity index is 2.14. The molecule has 0 aliphatic rings. The van der Waals surface area contributed by atoms with Gasteiger partial charge in [0.25, 0.3) is 0 Å². The van der Waals surface area contributed by atoms with E-state index in [4.69, 9.17) is 0 Å². The van der Waals surface area contributed by atoms with E-state index >= 15 is 0 Å². The van der Waals surface area contributed by atoms with Crippen molar-refractivity contribution in [3.8, 4) is 0 Å². The highest BCUT2D eigenvalue weighted by Crippen LogP contribution is 2.24. The summed E-state index contributed by atoms with van der Waals surface area (Å²) in [6, 6.07) is 14.4. The van der Waals surface area contributed by atoms with Crippen molar-refractivity contribution in [3.63, 3.8) is 0 Å². The minimum absolute atomic E-state index is 0.0548. The topological polar surface area (TPSA) is 41.1 Å². The van der Waals surface area contributed by atoms with Crippen molar-refractivity contribution in [3.05, 3.63) is 57.2 Å². The highest BCUT2D eigenvalue weighted by atomic mass is 127. The summed E-state index contributed by atoms with van der Waals surface area (Å²) in [6.45, 7) is 5.73. The third kappa shape index (κ3) is 4.46. The lowest BCUT2D eigenvalue weighted by Gasteiger charge is -2.17. The van der Waals surface area contributed by atoms with E-state index in [0.29, 0.717) is 0 Å². The van der Waals surface area contributed by atoms with Crippen molar-refractivity contribution in [1.82, 2.24) is 0 Å². The number of rotatable bonds is 4. The number of carbonyl (C=O) groups excluding carboxylic acids is 1. The van der Waals surface area contributed by atoms with Crippen molar-refractivity contribution in [2.24, 2.45) is 0 Å². The Bertz CT molecular complexity index is 655. The molecule has 0 heterocycles. The molecule has 2 aromatic rings. The van der Waals surface area contributed by atoms with E-state index < -0.39 is 0 Å². The zero-order valence-corrected chi connectivity index (χ0v) is 14.6. The third-order valence-electron chi connectivity index (χ3n) is 3.26. The van der Waals surface area contributed by atoms with Gasteiger partial charge in [0.05, 0.1) is 0 Å². The van der Waals surface area contributed by atoms with E-state index in [9.17, 15) is 4.79 Å². The van der Waals surface area contributed by atoms with E-state index in [0.717, 1.165) is 16.9 Å². The van der Waals surface area contributed by atoms with E-state index in [1.165, 1.54) is 16.1 Å². The number of hydrogen-bond acceptors (Lipinski definition) is 2. The van der Waals surface area contributed by atoms with Crippen LogP contribution in [0, 0.1) is 10.5 Å². The molecule has 1 unspecified atom stereocenters. The number of anilines is 2. The van der Waals surface area contributed by atoms with Gasteiger partial charge in [-0.3, -0.25) is 4.79 Å². The molecular weight excluding hydrogens is 375 g/mol. The number of hydrogen-bond donors (Lipinski definition) is 2. The summed E-state index contributed by atoms with van der Waals surface area (Å²) < 4.78 is 1.25. The van der Waals surface area contributed by atoms with E-state index in [-0.39, 0.29) is 11.9 Å². The average molecular weight is 394 g/mol. The first-order valence-electron chi connectivity index (χ1n) is 6.86. The molecule has 0 radical (unpaired) electrons.